The quantitative estimate of drug-likeness (QED) is 0.720. The summed E-state index contributed by atoms with van der Waals surface area (Å²) in [4.78, 5) is 11.4. The van der Waals surface area contributed by atoms with Gasteiger partial charge in [0.15, 0.2) is 0 Å². The summed E-state index contributed by atoms with van der Waals surface area (Å²) < 4.78 is 5.48. The molecule has 76 valence electrons. The molecule has 1 rings (SSSR count). The molecule has 1 N–H and O–H groups in total. The van der Waals surface area contributed by atoms with E-state index in [0.29, 0.717) is 12.5 Å². The Bertz CT molecular complexity index is 162. The zero-order valence-electron chi connectivity index (χ0n) is 8.51. The third kappa shape index (κ3) is 2.99. The van der Waals surface area contributed by atoms with Gasteiger partial charge in [-0.15, -0.1) is 0 Å². The van der Waals surface area contributed by atoms with Crippen LogP contribution < -0.4 is 5.32 Å². The molecule has 0 radical (unpaired) electrons. The molecule has 2 unspecified atom stereocenters. The number of rotatable bonds is 3. The standard InChI is InChI=1S/C10H19NO2/c1-3-8-5-6-9(13-7-8)10(12)11-4-2/h8-9H,3-7H2,1-2H3,(H,11,12). The average Bonchev–Trinajstić information content (AvgIpc) is 2.18. The maximum atomic E-state index is 11.4. The minimum atomic E-state index is -0.192. The van der Waals surface area contributed by atoms with Crippen LogP contribution >= 0.6 is 0 Å². The fourth-order valence-electron chi connectivity index (χ4n) is 1.62. The van der Waals surface area contributed by atoms with E-state index in [0.717, 1.165) is 25.9 Å². The van der Waals surface area contributed by atoms with Crippen molar-refractivity contribution in [3.8, 4) is 0 Å². The molecule has 0 spiro atoms. The molecule has 1 heterocycles. The Kier molecular flexibility index (Phi) is 4.22. The molecule has 1 fully saturated rings. The topological polar surface area (TPSA) is 38.3 Å². The first-order valence-electron chi connectivity index (χ1n) is 5.17. The van der Waals surface area contributed by atoms with Gasteiger partial charge in [0, 0.05) is 6.54 Å². The minimum Gasteiger partial charge on any atom is -0.368 e. The smallest absolute Gasteiger partial charge is 0.249 e. The highest BCUT2D eigenvalue weighted by molar-refractivity contribution is 5.80. The van der Waals surface area contributed by atoms with E-state index in [9.17, 15) is 4.79 Å². The lowest BCUT2D eigenvalue weighted by atomic mass is 9.96. The summed E-state index contributed by atoms with van der Waals surface area (Å²) in [5, 5.41) is 2.78. The van der Waals surface area contributed by atoms with Crippen molar-refractivity contribution in [3.63, 3.8) is 0 Å². The molecule has 1 aliphatic heterocycles. The maximum Gasteiger partial charge on any atom is 0.249 e. The van der Waals surface area contributed by atoms with Crippen molar-refractivity contribution in [2.45, 2.75) is 39.2 Å². The van der Waals surface area contributed by atoms with Gasteiger partial charge in [0.1, 0.15) is 6.10 Å². The van der Waals surface area contributed by atoms with Gasteiger partial charge in [0.2, 0.25) is 5.91 Å². The van der Waals surface area contributed by atoms with E-state index in [-0.39, 0.29) is 12.0 Å². The average molecular weight is 185 g/mol. The first-order valence-corrected chi connectivity index (χ1v) is 5.17. The summed E-state index contributed by atoms with van der Waals surface area (Å²) in [6.07, 6.45) is 2.97. The van der Waals surface area contributed by atoms with Gasteiger partial charge < -0.3 is 10.1 Å². The van der Waals surface area contributed by atoms with E-state index < -0.39 is 0 Å². The Labute approximate surface area is 79.8 Å². The van der Waals surface area contributed by atoms with Crippen LogP contribution in [0.15, 0.2) is 0 Å². The second-order valence-corrected chi connectivity index (χ2v) is 3.57. The first kappa shape index (κ1) is 10.5. The molecule has 2 atom stereocenters. The molecular formula is C10H19NO2. The van der Waals surface area contributed by atoms with Gasteiger partial charge in [-0.1, -0.05) is 13.3 Å². The van der Waals surface area contributed by atoms with Crippen molar-refractivity contribution >= 4 is 5.91 Å². The third-order valence-electron chi connectivity index (χ3n) is 2.59. The second-order valence-electron chi connectivity index (χ2n) is 3.57. The Hall–Kier alpha value is -0.570. The van der Waals surface area contributed by atoms with Crippen LogP contribution in [0.25, 0.3) is 0 Å². The fourth-order valence-corrected chi connectivity index (χ4v) is 1.62. The molecule has 1 saturated heterocycles. The monoisotopic (exact) mass is 185 g/mol. The van der Waals surface area contributed by atoms with Crippen LogP contribution in [0.4, 0.5) is 0 Å². The van der Waals surface area contributed by atoms with Crippen molar-refractivity contribution in [2.24, 2.45) is 5.92 Å². The summed E-state index contributed by atoms with van der Waals surface area (Å²) >= 11 is 0. The van der Waals surface area contributed by atoms with E-state index in [1.54, 1.807) is 0 Å². The van der Waals surface area contributed by atoms with Gasteiger partial charge in [0.25, 0.3) is 0 Å². The molecule has 1 amide bonds. The molecule has 0 aromatic rings. The minimum absolute atomic E-state index is 0.0528. The number of hydrogen-bond donors (Lipinski definition) is 1. The van der Waals surface area contributed by atoms with E-state index in [1.165, 1.54) is 0 Å². The summed E-state index contributed by atoms with van der Waals surface area (Å²) in [6.45, 7) is 5.53. The molecule has 3 heteroatoms. The van der Waals surface area contributed by atoms with Crippen LogP contribution in [0.2, 0.25) is 0 Å². The summed E-state index contributed by atoms with van der Waals surface area (Å²) in [6, 6.07) is 0. The molecule has 0 aromatic heterocycles. The zero-order valence-corrected chi connectivity index (χ0v) is 8.51. The number of hydrogen-bond acceptors (Lipinski definition) is 2. The highest BCUT2D eigenvalue weighted by atomic mass is 16.5. The molecule has 0 aliphatic carbocycles. The second kappa shape index (κ2) is 5.22. The highest BCUT2D eigenvalue weighted by Gasteiger charge is 2.25. The lowest BCUT2D eigenvalue weighted by Crippen LogP contribution is -2.40. The summed E-state index contributed by atoms with van der Waals surface area (Å²) in [5.41, 5.74) is 0. The molecule has 3 nitrogen and oxygen atoms in total. The van der Waals surface area contributed by atoms with Crippen LogP contribution in [0.5, 0.6) is 0 Å². The van der Waals surface area contributed by atoms with Gasteiger partial charge in [-0.05, 0) is 25.7 Å². The van der Waals surface area contributed by atoms with Crippen LogP contribution in [0.1, 0.15) is 33.1 Å². The van der Waals surface area contributed by atoms with E-state index in [1.807, 2.05) is 6.92 Å². The van der Waals surface area contributed by atoms with Crippen molar-refractivity contribution in [2.75, 3.05) is 13.2 Å². The normalized spacial score (nSPS) is 28.5. The van der Waals surface area contributed by atoms with Crippen molar-refractivity contribution in [1.82, 2.24) is 5.32 Å². The molecule has 0 saturated carbocycles. The number of amides is 1. The van der Waals surface area contributed by atoms with Crippen LogP contribution in [-0.4, -0.2) is 25.2 Å². The van der Waals surface area contributed by atoms with Gasteiger partial charge in [-0.2, -0.15) is 0 Å². The summed E-state index contributed by atoms with van der Waals surface area (Å²) in [7, 11) is 0. The Morgan fingerprint density at radius 3 is 2.69 bits per heavy atom. The lowest BCUT2D eigenvalue weighted by molar-refractivity contribution is -0.137. The SMILES string of the molecule is CCNC(=O)C1CCC(CC)CO1. The molecule has 0 aromatic carbocycles. The summed E-state index contributed by atoms with van der Waals surface area (Å²) in [5.74, 6) is 0.711. The molecule has 1 aliphatic rings. The zero-order chi connectivity index (χ0) is 9.68. The maximum absolute atomic E-state index is 11.4. The van der Waals surface area contributed by atoms with Crippen molar-refractivity contribution in [3.05, 3.63) is 0 Å². The number of likely N-dealkylation sites (N-methyl/N-ethyl adjacent to an activating group) is 1. The van der Waals surface area contributed by atoms with Crippen molar-refractivity contribution < 1.29 is 9.53 Å². The van der Waals surface area contributed by atoms with E-state index in [4.69, 9.17) is 4.74 Å². The molecule has 13 heavy (non-hydrogen) atoms. The predicted octanol–water partition coefficient (Wildman–Crippen LogP) is 1.33. The fraction of sp³-hybridized carbons (Fsp3) is 0.900. The Balaban J connectivity index is 2.28. The number of nitrogens with one attached hydrogen (secondary N) is 1. The lowest BCUT2D eigenvalue weighted by Gasteiger charge is -2.27. The van der Waals surface area contributed by atoms with Gasteiger partial charge in [-0.3, -0.25) is 4.79 Å². The highest BCUT2D eigenvalue weighted by Crippen LogP contribution is 2.21. The van der Waals surface area contributed by atoms with Gasteiger partial charge in [0.05, 0.1) is 6.61 Å². The molecular weight excluding hydrogens is 166 g/mol. The number of carbonyl (C=O) groups excluding carboxylic acids is 1. The van der Waals surface area contributed by atoms with Crippen LogP contribution in [-0.2, 0) is 9.53 Å². The predicted molar refractivity (Wildman–Crippen MR) is 51.4 cm³/mol. The Morgan fingerprint density at radius 2 is 2.23 bits per heavy atom. The van der Waals surface area contributed by atoms with E-state index >= 15 is 0 Å². The van der Waals surface area contributed by atoms with E-state index in [2.05, 4.69) is 12.2 Å². The van der Waals surface area contributed by atoms with Gasteiger partial charge >= 0.3 is 0 Å². The third-order valence-corrected chi connectivity index (χ3v) is 2.59. The van der Waals surface area contributed by atoms with Gasteiger partial charge in [-0.25, -0.2) is 0 Å². The Morgan fingerprint density at radius 1 is 1.46 bits per heavy atom. The number of carbonyl (C=O) groups is 1. The van der Waals surface area contributed by atoms with Crippen LogP contribution in [0.3, 0.4) is 0 Å². The van der Waals surface area contributed by atoms with Crippen LogP contribution in [0, 0.1) is 5.92 Å². The first-order chi connectivity index (χ1) is 6.27. The number of ether oxygens (including phenoxy) is 1. The van der Waals surface area contributed by atoms with Crippen molar-refractivity contribution in [1.29, 1.82) is 0 Å². The molecule has 0 bridgehead atoms. The largest absolute Gasteiger partial charge is 0.368 e.